The van der Waals surface area contributed by atoms with E-state index in [1.54, 1.807) is 0 Å². The number of hydrogen-bond donors (Lipinski definition) is 1. The predicted octanol–water partition coefficient (Wildman–Crippen LogP) is 4.85. The van der Waals surface area contributed by atoms with Crippen LogP contribution in [0.5, 0.6) is 0 Å². The number of benzene rings is 1. The molecule has 2 heteroatoms. The molecule has 1 nitrogen and oxygen atoms in total. The maximum atomic E-state index is 3.80. The van der Waals surface area contributed by atoms with Crippen LogP contribution < -0.4 is 5.32 Å². The van der Waals surface area contributed by atoms with E-state index in [1.807, 2.05) is 0 Å². The number of nitrogens with one attached hydrogen (secondary N) is 1. The first-order chi connectivity index (χ1) is 8.58. The van der Waals surface area contributed by atoms with Crippen molar-refractivity contribution in [3.63, 3.8) is 0 Å². The van der Waals surface area contributed by atoms with Crippen LogP contribution in [0, 0.1) is 5.92 Å². The Bertz CT molecular complexity index is 400. The molecule has 1 aromatic rings. The highest BCUT2D eigenvalue weighted by molar-refractivity contribution is 9.10. The Labute approximate surface area is 119 Å². The van der Waals surface area contributed by atoms with Gasteiger partial charge in [-0.1, -0.05) is 41.9 Å². The lowest BCUT2D eigenvalue weighted by atomic mass is 10.0. The first-order valence-electron chi connectivity index (χ1n) is 7.11. The van der Waals surface area contributed by atoms with Crippen LogP contribution in [0.15, 0.2) is 22.7 Å². The number of hydrogen-bond acceptors (Lipinski definition) is 1. The summed E-state index contributed by atoms with van der Waals surface area (Å²) in [6.45, 7) is 6.92. The summed E-state index contributed by atoms with van der Waals surface area (Å²) in [7, 11) is 0. The average Bonchev–Trinajstić information content (AvgIpc) is 2.72. The molecule has 1 aliphatic rings. The van der Waals surface area contributed by atoms with Crippen molar-refractivity contribution in [3.05, 3.63) is 33.8 Å². The van der Waals surface area contributed by atoms with Crippen molar-refractivity contribution in [2.75, 3.05) is 0 Å². The molecular formula is C16H24BrN. The Hall–Kier alpha value is -0.340. The second kappa shape index (κ2) is 6.21. The molecule has 0 saturated heterocycles. The van der Waals surface area contributed by atoms with Gasteiger partial charge in [-0.3, -0.25) is 0 Å². The Morgan fingerprint density at radius 2 is 2.06 bits per heavy atom. The molecule has 2 atom stereocenters. The van der Waals surface area contributed by atoms with Crippen LogP contribution in [-0.4, -0.2) is 6.04 Å². The van der Waals surface area contributed by atoms with Crippen LogP contribution in [0.25, 0.3) is 0 Å². The summed E-state index contributed by atoms with van der Waals surface area (Å²) >= 11 is 3.66. The second-order valence-electron chi connectivity index (χ2n) is 5.94. The van der Waals surface area contributed by atoms with Crippen LogP contribution >= 0.6 is 15.9 Å². The zero-order valence-electron chi connectivity index (χ0n) is 11.7. The maximum Gasteiger partial charge on any atom is 0.0328 e. The maximum absolute atomic E-state index is 3.80. The fourth-order valence-corrected chi connectivity index (χ4v) is 3.37. The Balaban J connectivity index is 1.95. The van der Waals surface area contributed by atoms with E-state index in [0.29, 0.717) is 12.1 Å². The molecule has 0 aliphatic heterocycles. The van der Waals surface area contributed by atoms with Crippen molar-refractivity contribution in [2.24, 2.45) is 5.92 Å². The number of halogens is 1. The van der Waals surface area contributed by atoms with Gasteiger partial charge in [-0.25, -0.2) is 0 Å². The van der Waals surface area contributed by atoms with Gasteiger partial charge in [0.25, 0.3) is 0 Å². The lowest BCUT2D eigenvalue weighted by molar-refractivity contribution is 0.403. The molecule has 0 spiro atoms. The Kier molecular flexibility index (Phi) is 4.85. The van der Waals surface area contributed by atoms with E-state index in [-0.39, 0.29) is 0 Å². The van der Waals surface area contributed by atoms with Crippen LogP contribution in [0.2, 0.25) is 0 Å². The van der Waals surface area contributed by atoms with E-state index in [0.717, 1.165) is 5.92 Å². The SMILES string of the molecule is CC(C)CCC(C)NC1CCc2c(Br)cccc21. The summed E-state index contributed by atoms with van der Waals surface area (Å²) in [5, 5.41) is 3.80. The molecule has 1 N–H and O–H groups in total. The van der Waals surface area contributed by atoms with Gasteiger partial charge < -0.3 is 5.32 Å². The molecule has 0 radical (unpaired) electrons. The van der Waals surface area contributed by atoms with Crippen molar-refractivity contribution in [1.82, 2.24) is 5.32 Å². The molecule has 0 amide bonds. The summed E-state index contributed by atoms with van der Waals surface area (Å²) in [6.07, 6.45) is 5.03. The van der Waals surface area contributed by atoms with E-state index in [4.69, 9.17) is 0 Å². The number of rotatable bonds is 5. The molecule has 1 aliphatic carbocycles. The van der Waals surface area contributed by atoms with E-state index < -0.39 is 0 Å². The standard InChI is InChI=1S/C16H24BrN/c1-11(2)7-8-12(3)18-16-10-9-13-14(16)5-4-6-15(13)17/h4-6,11-12,16,18H,7-10H2,1-3H3. The summed E-state index contributed by atoms with van der Waals surface area (Å²) < 4.78 is 1.28. The first-order valence-corrected chi connectivity index (χ1v) is 7.90. The molecule has 0 aromatic heterocycles. The zero-order chi connectivity index (χ0) is 13.1. The van der Waals surface area contributed by atoms with Gasteiger partial charge in [-0.2, -0.15) is 0 Å². The smallest absolute Gasteiger partial charge is 0.0328 e. The van der Waals surface area contributed by atoms with E-state index in [2.05, 4.69) is 60.2 Å². The summed E-state index contributed by atoms with van der Waals surface area (Å²) in [5.74, 6) is 0.805. The van der Waals surface area contributed by atoms with Crippen LogP contribution in [0.1, 0.15) is 57.2 Å². The third kappa shape index (κ3) is 3.36. The van der Waals surface area contributed by atoms with E-state index in [9.17, 15) is 0 Å². The largest absolute Gasteiger partial charge is 0.307 e. The van der Waals surface area contributed by atoms with Gasteiger partial charge in [0.05, 0.1) is 0 Å². The predicted molar refractivity (Wildman–Crippen MR) is 81.9 cm³/mol. The highest BCUT2D eigenvalue weighted by Gasteiger charge is 2.24. The summed E-state index contributed by atoms with van der Waals surface area (Å²) in [6, 6.07) is 7.76. The second-order valence-corrected chi connectivity index (χ2v) is 6.79. The minimum Gasteiger partial charge on any atom is -0.307 e. The van der Waals surface area contributed by atoms with E-state index >= 15 is 0 Å². The minimum absolute atomic E-state index is 0.555. The highest BCUT2D eigenvalue weighted by Crippen LogP contribution is 2.35. The van der Waals surface area contributed by atoms with Gasteiger partial charge >= 0.3 is 0 Å². The Morgan fingerprint density at radius 1 is 1.28 bits per heavy atom. The van der Waals surface area contributed by atoms with Crippen molar-refractivity contribution in [1.29, 1.82) is 0 Å². The van der Waals surface area contributed by atoms with Crippen LogP contribution in [0.3, 0.4) is 0 Å². The molecule has 2 rings (SSSR count). The van der Waals surface area contributed by atoms with Crippen molar-refractivity contribution in [3.8, 4) is 0 Å². The van der Waals surface area contributed by atoms with Gasteiger partial charge in [-0.05, 0) is 55.7 Å². The van der Waals surface area contributed by atoms with Gasteiger partial charge in [0.15, 0.2) is 0 Å². The molecule has 0 fully saturated rings. The molecule has 1 aromatic carbocycles. The monoisotopic (exact) mass is 309 g/mol. The normalized spacial score (nSPS) is 20.2. The van der Waals surface area contributed by atoms with Crippen LogP contribution in [0.4, 0.5) is 0 Å². The van der Waals surface area contributed by atoms with Crippen molar-refractivity contribution >= 4 is 15.9 Å². The lowest BCUT2D eigenvalue weighted by Gasteiger charge is -2.21. The quantitative estimate of drug-likeness (QED) is 0.819. The lowest BCUT2D eigenvalue weighted by Crippen LogP contribution is -2.29. The first kappa shape index (κ1) is 14.1. The molecule has 100 valence electrons. The van der Waals surface area contributed by atoms with Gasteiger partial charge in [0.2, 0.25) is 0 Å². The zero-order valence-corrected chi connectivity index (χ0v) is 13.3. The molecule has 0 bridgehead atoms. The fraction of sp³-hybridized carbons (Fsp3) is 0.625. The van der Waals surface area contributed by atoms with Gasteiger partial charge in [-0.15, -0.1) is 0 Å². The van der Waals surface area contributed by atoms with Gasteiger partial charge in [0, 0.05) is 16.6 Å². The molecule has 18 heavy (non-hydrogen) atoms. The minimum atomic E-state index is 0.555. The van der Waals surface area contributed by atoms with Gasteiger partial charge in [0.1, 0.15) is 0 Å². The molecular weight excluding hydrogens is 286 g/mol. The number of fused-ring (bicyclic) bond motifs is 1. The van der Waals surface area contributed by atoms with Crippen LogP contribution in [-0.2, 0) is 6.42 Å². The third-order valence-corrected chi connectivity index (χ3v) is 4.62. The molecule has 0 heterocycles. The Morgan fingerprint density at radius 3 is 2.78 bits per heavy atom. The van der Waals surface area contributed by atoms with Crippen molar-refractivity contribution < 1.29 is 0 Å². The highest BCUT2D eigenvalue weighted by atomic mass is 79.9. The summed E-state index contributed by atoms with van der Waals surface area (Å²) in [4.78, 5) is 0. The average molecular weight is 310 g/mol. The van der Waals surface area contributed by atoms with Crippen molar-refractivity contribution in [2.45, 2.75) is 58.5 Å². The molecule has 0 saturated carbocycles. The fourth-order valence-electron chi connectivity index (χ4n) is 2.79. The topological polar surface area (TPSA) is 12.0 Å². The summed E-state index contributed by atoms with van der Waals surface area (Å²) in [5.41, 5.74) is 3.01. The van der Waals surface area contributed by atoms with E-state index in [1.165, 1.54) is 41.3 Å². The molecule has 2 unspecified atom stereocenters. The third-order valence-electron chi connectivity index (χ3n) is 3.88.